The minimum Gasteiger partial charge on any atom is -0.504 e. The second-order valence-electron chi connectivity index (χ2n) is 6.57. The van der Waals surface area contributed by atoms with Crippen molar-refractivity contribution in [2.24, 2.45) is 0 Å². The number of aromatic nitrogens is 1. The van der Waals surface area contributed by atoms with E-state index in [1.54, 1.807) is 13.0 Å². The number of Topliss-reactive ketones (excluding diaryl/α,β-unsaturated/α-hetero) is 1. The van der Waals surface area contributed by atoms with Crippen LogP contribution in [0, 0.1) is 20.8 Å². The molecular formula is C21H24BrNO4. The second kappa shape index (κ2) is 9.13. The molecule has 0 saturated carbocycles. The lowest BCUT2D eigenvalue weighted by molar-refractivity contribution is -0.143. The first kappa shape index (κ1) is 21.1. The maximum absolute atomic E-state index is 12.5. The summed E-state index contributed by atoms with van der Waals surface area (Å²) in [6.45, 7) is 8.14. The van der Waals surface area contributed by atoms with Crippen LogP contribution < -0.4 is 0 Å². The highest BCUT2D eigenvalue weighted by atomic mass is 79.9. The number of rotatable bonds is 7. The number of carbonyl (C=O) groups excluding carboxylic acids is 2. The molecule has 0 bridgehead atoms. The van der Waals surface area contributed by atoms with Gasteiger partial charge >= 0.3 is 5.97 Å². The Bertz CT molecular complexity index is 854. The molecule has 1 heterocycles. The third kappa shape index (κ3) is 5.39. The number of hydrogen-bond donors (Lipinski definition) is 1. The van der Waals surface area contributed by atoms with Crippen LogP contribution in [0.2, 0.25) is 0 Å². The molecule has 144 valence electrons. The van der Waals surface area contributed by atoms with Crippen molar-refractivity contribution in [3.8, 4) is 5.75 Å². The zero-order valence-corrected chi connectivity index (χ0v) is 17.6. The first-order valence-electron chi connectivity index (χ1n) is 8.86. The summed E-state index contributed by atoms with van der Waals surface area (Å²) in [4.78, 5) is 28.3. The maximum atomic E-state index is 12.5. The van der Waals surface area contributed by atoms with Crippen molar-refractivity contribution in [2.75, 3.05) is 6.61 Å². The second-order valence-corrected chi connectivity index (χ2v) is 7.43. The predicted molar refractivity (Wildman–Crippen MR) is 107 cm³/mol. The lowest BCUT2D eigenvalue weighted by Gasteiger charge is -2.13. The number of nitrogens with zero attached hydrogens (tertiary/aromatic N) is 1. The van der Waals surface area contributed by atoms with E-state index in [9.17, 15) is 14.7 Å². The molecular weight excluding hydrogens is 410 g/mol. The van der Waals surface area contributed by atoms with E-state index < -0.39 is 5.97 Å². The number of benzene rings is 1. The molecule has 0 aliphatic heterocycles. The number of ketones is 1. The number of aromatic hydroxyl groups is 1. The van der Waals surface area contributed by atoms with Gasteiger partial charge in [0.2, 0.25) is 0 Å². The number of ether oxygens (including phenoxy) is 1. The standard InChI is InChI=1S/C21H24BrNO4/c1-5-27-19(25)7-6-18(24)20-21(26)17(22)11-15(23-20)10-16-13(3)8-12(2)9-14(16)4/h8-9,11,26H,5-7,10H2,1-4H3. The number of hydrogen-bond acceptors (Lipinski definition) is 5. The topological polar surface area (TPSA) is 76.5 Å². The molecule has 0 fully saturated rings. The van der Waals surface area contributed by atoms with E-state index in [0.717, 1.165) is 16.7 Å². The van der Waals surface area contributed by atoms with Crippen molar-refractivity contribution in [3.05, 3.63) is 56.3 Å². The van der Waals surface area contributed by atoms with Crippen molar-refractivity contribution < 1.29 is 19.4 Å². The van der Waals surface area contributed by atoms with Crippen LogP contribution in [-0.2, 0) is 16.0 Å². The highest BCUT2D eigenvalue weighted by molar-refractivity contribution is 9.10. The molecule has 5 nitrogen and oxygen atoms in total. The van der Waals surface area contributed by atoms with Gasteiger partial charge in [-0.3, -0.25) is 9.59 Å². The van der Waals surface area contributed by atoms with E-state index in [1.807, 2.05) is 0 Å². The summed E-state index contributed by atoms with van der Waals surface area (Å²) < 4.78 is 5.25. The molecule has 2 aromatic rings. The Morgan fingerprint density at radius 2 is 1.74 bits per heavy atom. The summed E-state index contributed by atoms with van der Waals surface area (Å²) in [7, 11) is 0. The first-order chi connectivity index (χ1) is 12.7. The van der Waals surface area contributed by atoms with E-state index in [-0.39, 0.29) is 36.7 Å². The van der Waals surface area contributed by atoms with Crippen molar-refractivity contribution in [1.29, 1.82) is 0 Å². The lowest BCUT2D eigenvalue weighted by Crippen LogP contribution is -2.11. The molecule has 0 unspecified atom stereocenters. The molecule has 1 aromatic carbocycles. The predicted octanol–water partition coefficient (Wildman–Crippen LogP) is 4.59. The fourth-order valence-electron chi connectivity index (χ4n) is 3.08. The van der Waals surface area contributed by atoms with Gasteiger partial charge in [0.05, 0.1) is 17.5 Å². The van der Waals surface area contributed by atoms with Gasteiger partial charge in [0.15, 0.2) is 11.5 Å². The number of halogens is 1. The Morgan fingerprint density at radius 3 is 2.33 bits per heavy atom. The molecule has 27 heavy (non-hydrogen) atoms. The maximum Gasteiger partial charge on any atom is 0.306 e. The summed E-state index contributed by atoms with van der Waals surface area (Å²) in [6, 6.07) is 5.95. The van der Waals surface area contributed by atoms with Crippen LogP contribution in [0.4, 0.5) is 0 Å². The Hall–Kier alpha value is -2.21. The van der Waals surface area contributed by atoms with Gasteiger partial charge in [0.25, 0.3) is 0 Å². The average molecular weight is 434 g/mol. The first-order valence-corrected chi connectivity index (χ1v) is 9.66. The van der Waals surface area contributed by atoms with Crippen molar-refractivity contribution in [3.63, 3.8) is 0 Å². The largest absolute Gasteiger partial charge is 0.504 e. The van der Waals surface area contributed by atoms with Crippen LogP contribution in [0.3, 0.4) is 0 Å². The van der Waals surface area contributed by atoms with Gasteiger partial charge in [-0.15, -0.1) is 0 Å². The SMILES string of the molecule is CCOC(=O)CCC(=O)c1nc(Cc2c(C)cc(C)cc2C)cc(Br)c1O. The summed E-state index contributed by atoms with van der Waals surface area (Å²) in [5.41, 5.74) is 5.32. The third-order valence-corrected chi connectivity index (χ3v) is 4.93. The quantitative estimate of drug-likeness (QED) is 0.510. The van der Waals surface area contributed by atoms with E-state index >= 15 is 0 Å². The molecule has 2 rings (SSSR count). The smallest absolute Gasteiger partial charge is 0.306 e. The van der Waals surface area contributed by atoms with Crippen molar-refractivity contribution in [1.82, 2.24) is 4.98 Å². The minimum atomic E-state index is -0.438. The molecule has 0 aliphatic rings. The van der Waals surface area contributed by atoms with E-state index in [1.165, 1.54) is 5.56 Å². The fraction of sp³-hybridized carbons (Fsp3) is 0.381. The third-order valence-electron chi connectivity index (χ3n) is 4.32. The molecule has 0 saturated heterocycles. The van der Waals surface area contributed by atoms with Gasteiger partial charge in [-0.1, -0.05) is 17.7 Å². The van der Waals surface area contributed by atoms with Crippen LogP contribution >= 0.6 is 15.9 Å². The van der Waals surface area contributed by atoms with Gasteiger partial charge in [0, 0.05) is 18.5 Å². The van der Waals surface area contributed by atoms with Crippen molar-refractivity contribution >= 4 is 27.7 Å². The number of carbonyl (C=O) groups is 2. The van der Waals surface area contributed by atoms with Gasteiger partial charge < -0.3 is 9.84 Å². The molecule has 1 aromatic heterocycles. The highest BCUT2D eigenvalue weighted by Crippen LogP contribution is 2.30. The summed E-state index contributed by atoms with van der Waals surface area (Å²) >= 11 is 3.30. The van der Waals surface area contributed by atoms with Gasteiger partial charge in [-0.25, -0.2) is 4.98 Å². The minimum absolute atomic E-state index is 0.0221. The summed E-state index contributed by atoms with van der Waals surface area (Å²) in [5.74, 6) is -1.03. The molecule has 0 aliphatic carbocycles. The monoisotopic (exact) mass is 433 g/mol. The fourth-order valence-corrected chi connectivity index (χ4v) is 3.53. The number of aryl methyl sites for hydroxylation is 3. The number of pyridine rings is 1. The normalized spacial score (nSPS) is 10.7. The van der Waals surface area contributed by atoms with Crippen LogP contribution in [-0.4, -0.2) is 28.4 Å². The summed E-state index contributed by atoms with van der Waals surface area (Å²) in [5, 5.41) is 10.2. The molecule has 0 atom stereocenters. The Labute approximate surface area is 167 Å². The molecule has 0 amide bonds. The van der Waals surface area contributed by atoms with Gasteiger partial charge in [-0.05, 0) is 66.4 Å². The molecule has 1 N–H and O–H groups in total. The van der Waals surface area contributed by atoms with E-state index in [2.05, 4.69) is 53.8 Å². The zero-order valence-electron chi connectivity index (χ0n) is 16.1. The van der Waals surface area contributed by atoms with Gasteiger partial charge in [-0.2, -0.15) is 0 Å². The van der Waals surface area contributed by atoms with E-state index in [0.29, 0.717) is 16.6 Å². The Kier molecular flexibility index (Phi) is 7.13. The zero-order chi connectivity index (χ0) is 20.1. The Balaban J connectivity index is 2.28. The lowest BCUT2D eigenvalue weighted by atomic mass is 9.96. The highest BCUT2D eigenvalue weighted by Gasteiger charge is 2.19. The molecule has 6 heteroatoms. The van der Waals surface area contributed by atoms with Gasteiger partial charge in [0.1, 0.15) is 5.69 Å². The molecule has 0 radical (unpaired) electrons. The van der Waals surface area contributed by atoms with E-state index in [4.69, 9.17) is 4.74 Å². The average Bonchev–Trinajstić information content (AvgIpc) is 2.59. The van der Waals surface area contributed by atoms with Crippen LogP contribution in [0.5, 0.6) is 5.75 Å². The molecule has 0 spiro atoms. The van der Waals surface area contributed by atoms with Crippen LogP contribution in [0.25, 0.3) is 0 Å². The number of esters is 1. The summed E-state index contributed by atoms with van der Waals surface area (Å²) in [6.07, 6.45) is 0.457. The van der Waals surface area contributed by atoms with Crippen LogP contribution in [0.15, 0.2) is 22.7 Å². The van der Waals surface area contributed by atoms with Crippen molar-refractivity contribution in [2.45, 2.75) is 47.0 Å². The van der Waals surface area contributed by atoms with Crippen LogP contribution in [0.1, 0.15) is 58.2 Å². The Morgan fingerprint density at radius 1 is 1.11 bits per heavy atom.